The van der Waals surface area contributed by atoms with Gasteiger partial charge in [0.2, 0.25) is 0 Å². The molecule has 1 heterocycles. The lowest BCUT2D eigenvalue weighted by atomic mass is 10.2. The summed E-state index contributed by atoms with van der Waals surface area (Å²) in [6.07, 6.45) is 3.15. The molecule has 92 valence electrons. The van der Waals surface area contributed by atoms with Crippen LogP contribution in [0.3, 0.4) is 0 Å². The predicted molar refractivity (Wildman–Crippen MR) is 69.2 cm³/mol. The van der Waals surface area contributed by atoms with Crippen molar-refractivity contribution in [1.82, 2.24) is 10.3 Å². The molecule has 0 amide bonds. The van der Waals surface area contributed by atoms with Crippen LogP contribution in [0.15, 0.2) is 5.38 Å². The van der Waals surface area contributed by atoms with Crippen LogP contribution in [0.5, 0.6) is 0 Å². The van der Waals surface area contributed by atoms with Gasteiger partial charge in [0.05, 0.1) is 17.3 Å². The van der Waals surface area contributed by atoms with E-state index in [1.807, 2.05) is 0 Å². The van der Waals surface area contributed by atoms with E-state index in [2.05, 4.69) is 29.5 Å². The second-order valence-electron chi connectivity index (χ2n) is 3.85. The van der Waals surface area contributed by atoms with E-state index in [0.29, 0.717) is 6.04 Å². The zero-order valence-corrected chi connectivity index (χ0v) is 11.3. The van der Waals surface area contributed by atoms with E-state index in [-0.39, 0.29) is 0 Å². The Morgan fingerprint density at radius 1 is 1.50 bits per heavy atom. The Morgan fingerprint density at radius 2 is 2.31 bits per heavy atom. The third-order valence-electron chi connectivity index (χ3n) is 2.58. The third-order valence-corrected chi connectivity index (χ3v) is 3.62. The van der Waals surface area contributed by atoms with Crippen LogP contribution in [0.1, 0.15) is 31.0 Å². The van der Waals surface area contributed by atoms with Crippen LogP contribution in [0.25, 0.3) is 0 Å². The minimum atomic E-state index is 0.467. The largest absolute Gasteiger partial charge is 0.383 e. The third kappa shape index (κ3) is 4.60. The fraction of sp³-hybridized carbons (Fsp3) is 0.750. The van der Waals surface area contributed by atoms with Crippen LogP contribution in [-0.4, -0.2) is 31.3 Å². The molecular weight excluding hydrogens is 220 g/mol. The van der Waals surface area contributed by atoms with Gasteiger partial charge in [0.1, 0.15) is 0 Å². The van der Waals surface area contributed by atoms with Gasteiger partial charge in [0.15, 0.2) is 0 Å². The number of rotatable bonds is 8. The molecule has 1 aromatic heterocycles. The highest BCUT2D eigenvalue weighted by atomic mass is 32.1. The van der Waals surface area contributed by atoms with E-state index >= 15 is 0 Å². The zero-order chi connectivity index (χ0) is 11.8. The maximum atomic E-state index is 5.14. The average molecular weight is 242 g/mol. The highest BCUT2D eigenvalue weighted by Crippen LogP contribution is 2.10. The number of aryl methyl sites for hydroxylation is 1. The van der Waals surface area contributed by atoms with E-state index in [9.17, 15) is 0 Å². The second kappa shape index (κ2) is 7.76. The van der Waals surface area contributed by atoms with Crippen molar-refractivity contribution in [1.29, 1.82) is 0 Å². The van der Waals surface area contributed by atoms with Crippen molar-refractivity contribution in [3.8, 4) is 0 Å². The lowest BCUT2D eigenvalue weighted by Gasteiger charge is -2.15. The molecule has 1 aromatic rings. The second-order valence-corrected chi connectivity index (χ2v) is 4.79. The Morgan fingerprint density at radius 3 is 2.88 bits per heavy atom. The molecule has 4 heteroatoms. The summed E-state index contributed by atoms with van der Waals surface area (Å²) in [7, 11) is 1.75. The molecule has 0 spiro atoms. The summed E-state index contributed by atoms with van der Waals surface area (Å²) in [5.41, 5.74) is 1.21. The van der Waals surface area contributed by atoms with E-state index in [0.717, 1.165) is 32.4 Å². The lowest BCUT2D eigenvalue weighted by molar-refractivity contribution is 0.164. The summed E-state index contributed by atoms with van der Waals surface area (Å²) in [5.74, 6) is 0. The fourth-order valence-electron chi connectivity index (χ4n) is 1.55. The van der Waals surface area contributed by atoms with Gasteiger partial charge >= 0.3 is 0 Å². The molecule has 0 saturated carbocycles. The molecule has 1 unspecified atom stereocenters. The topological polar surface area (TPSA) is 34.2 Å². The van der Waals surface area contributed by atoms with Crippen molar-refractivity contribution in [2.75, 3.05) is 20.3 Å². The van der Waals surface area contributed by atoms with Crippen molar-refractivity contribution >= 4 is 11.3 Å². The maximum Gasteiger partial charge on any atom is 0.0925 e. The molecule has 0 aliphatic carbocycles. The Hall–Kier alpha value is -0.450. The monoisotopic (exact) mass is 242 g/mol. The molecule has 3 nitrogen and oxygen atoms in total. The molecule has 0 radical (unpaired) electrons. The number of hydrogen-bond donors (Lipinski definition) is 1. The van der Waals surface area contributed by atoms with Gasteiger partial charge in [-0.2, -0.15) is 0 Å². The predicted octanol–water partition coefficient (Wildman–Crippen LogP) is 2.26. The fourth-order valence-corrected chi connectivity index (χ4v) is 2.33. The SMILES string of the molecule is CCc1nc(CCNC(CC)COC)cs1. The number of methoxy groups -OCH3 is 1. The first-order valence-corrected chi connectivity index (χ1v) is 6.83. The Labute approximate surface area is 102 Å². The molecule has 0 aliphatic heterocycles. The molecule has 0 bridgehead atoms. The molecular formula is C12H22N2OS. The highest BCUT2D eigenvalue weighted by molar-refractivity contribution is 7.09. The first-order valence-electron chi connectivity index (χ1n) is 5.95. The molecule has 0 fully saturated rings. The standard InChI is InChI=1S/C12H22N2OS/c1-4-10(8-15-3)13-7-6-11-9-16-12(5-2)14-11/h9-10,13H,4-8H2,1-3H3. The molecule has 1 rings (SSSR count). The average Bonchev–Trinajstić information content (AvgIpc) is 2.76. The Balaban J connectivity index is 2.23. The molecule has 0 aromatic carbocycles. The summed E-state index contributed by atoms with van der Waals surface area (Å²) < 4.78 is 5.14. The summed E-state index contributed by atoms with van der Waals surface area (Å²) in [4.78, 5) is 4.54. The highest BCUT2D eigenvalue weighted by Gasteiger charge is 2.05. The van der Waals surface area contributed by atoms with Gasteiger partial charge in [-0.1, -0.05) is 13.8 Å². The summed E-state index contributed by atoms with van der Waals surface area (Å²) in [6.45, 7) is 6.09. The first-order chi connectivity index (χ1) is 7.80. The Kier molecular flexibility index (Phi) is 6.61. The first kappa shape index (κ1) is 13.6. The van der Waals surface area contributed by atoms with Gasteiger partial charge in [-0.05, 0) is 12.8 Å². The van der Waals surface area contributed by atoms with Crippen molar-refractivity contribution in [3.05, 3.63) is 16.1 Å². The van der Waals surface area contributed by atoms with E-state index in [4.69, 9.17) is 4.74 Å². The van der Waals surface area contributed by atoms with Crippen LogP contribution in [0.2, 0.25) is 0 Å². The molecule has 16 heavy (non-hydrogen) atoms. The van der Waals surface area contributed by atoms with E-state index in [1.54, 1.807) is 18.4 Å². The summed E-state index contributed by atoms with van der Waals surface area (Å²) in [5, 5.41) is 6.89. The van der Waals surface area contributed by atoms with Crippen LogP contribution >= 0.6 is 11.3 Å². The maximum absolute atomic E-state index is 5.14. The number of aromatic nitrogens is 1. The van der Waals surface area contributed by atoms with Crippen LogP contribution in [0, 0.1) is 0 Å². The summed E-state index contributed by atoms with van der Waals surface area (Å²) >= 11 is 1.76. The van der Waals surface area contributed by atoms with E-state index < -0.39 is 0 Å². The quantitative estimate of drug-likeness (QED) is 0.759. The van der Waals surface area contributed by atoms with Gasteiger partial charge in [0.25, 0.3) is 0 Å². The molecule has 1 atom stereocenters. The van der Waals surface area contributed by atoms with Crippen molar-refractivity contribution in [3.63, 3.8) is 0 Å². The number of hydrogen-bond acceptors (Lipinski definition) is 4. The van der Waals surface area contributed by atoms with Crippen molar-refractivity contribution in [2.24, 2.45) is 0 Å². The van der Waals surface area contributed by atoms with Crippen LogP contribution in [0.4, 0.5) is 0 Å². The number of ether oxygens (including phenoxy) is 1. The van der Waals surface area contributed by atoms with Crippen molar-refractivity contribution in [2.45, 2.75) is 39.2 Å². The zero-order valence-electron chi connectivity index (χ0n) is 10.5. The number of nitrogens with one attached hydrogen (secondary N) is 1. The lowest BCUT2D eigenvalue weighted by Crippen LogP contribution is -2.34. The van der Waals surface area contributed by atoms with E-state index in [1.165, 1.54) is 10.7 Å². The summed E-state index contributed by atoms with van der Waals surface area (Å²) in [6, 6.07) is 0.467. The molecule has 0 saturated heterocycles. The van der Waals surface area contributed by atoms with Crippen LogP contribution in [-0.2, 0) is 17.6 Å². The van der Waals surface area contributed by atoms with Gasteiger partial charge < -0.3 is 10.1 Å². The number of thiazole rings is 1. The molecule has 1 N–H and O–H groups in total. The minimum absolute atomic E-state index is 0.467. The smallest absolute Gasteiger partial charge is 0.0925 e. The Bertz CT molecular complexity index is 288. The minimum Gasteiger partial charge on any atom is -0.383 e. The van der Waals surface area contributed by atoms with Gasteiger partial charge in [0, 0.05) is 31.5 Å². The van der Waals surface area contributed by atoms with Crippen molar-refractivity contribution < 1.29 is 4.74 Å². The van der Waals surface area contributed by atoms with Gasteiger partial charge in [-0.15, -0.1) is 11.3 Å². The molecule has 0 aliphatic rings. The van der Waals surface area contributed by atoms with Gasteiger partial charge in [-0.3, -0.25) is 0 Å². The normalized spacial score (nSPS) is 12.9. The number of nitrogens with zero attached hydrogens (tertiary/aromatic N) is 1. The van der Waals surface area contributed by atoms with Crippen LogP contribution < -0.4 is 5.32 Å². The van der Waals surface area contributed by atoms with Gasteiger partial charge in [-0.25, -0.2) is 4.98 Å².